The number of rotatable bonds is 4. The molecule has 0 fully saturated rings. The first-order valence-corrected chi connectivity index (χ1v) is 7.83. The van der Waals surface area contributed by atoms with Crippen molar-refractivity contribution in [1.29, 1.82) is 0 Å². The second-order valence-corrected chi connectivity index (χ2v) is 6.17. The standard InChI is InChI=1S/C16H10ClNO4S/c17-14-12-3-1-2-4-13(12)23-15(14)16(19)22-9-10-5-7-11(8-6-10)18(20)21/h1-8H,9H2. The second-order valence-electron chi connectivity index (χ2n) is 4.74. The van der Waals surface area contributed by atoms with Gasteiger partial charge in [0.25, 0.3) is 5.69 Å². The lowest BCUT2D eigenvalue weighted by molar-refractivity contribution is -0.384. The number of hydrogen-bond acceptors (Lipinski definition) is 5. The van der Waals surface area contributed by atoms with Gasteiger partial charge < -0.3 is 4.74 Å². The van der Waals surface area contributed by atoms with Crippen LogP contribution in [-0.2, 0) is 11.3 Å². The lowest BCUT2D eigenvalue weighted by Gasteiger charge is -2.03. The summed E-state index contributed by atoms with van der Waals surface area (Å²) in [5.41, 5.74) is 0.661. The quantitative estimate of drug-likeness (QED) is 0.385. The van der Waals surface area contributed by atoms with Gasteiger partial charge in [-0.15, -0.1) is 11.3 Å². The molecule has 0 saturated carbocycles. The molecule has 0 amide bonds. The average Bonchev–Trinajstić information content (AvgIpc) is 2.90. The van der Waals surface area contributed by atoms with Gasteiger partial charge in [0.05, 0.1) is 9.95 Å². The average molecular weight is 348 g/mol. The summed E-state index contributed by atoms with van der Waals surface area (Å²) in [6.45, 7) is 0.0292. The van der Waals surface area contributed by atoms with Crippen molar-refractivity contribution in [2.75, 3.05) is 0 Å². The Labute approximate surface area is 140 Å². The zero-order valence-corrected chi connectivity index (χ0v) is 13.3. The number of ether oxygens (including phenoxy) is 1. The Balaban J connectivity index is 1.73. The van der Waals surface area contributed by atoms with Crippen molar-refractivity contribution in [3.63, 3.8) is 0 Å². The number of benzene rings is 2. The maximum absolute atomic E-state index is 12.2. The summed E-state index contributed by atoms with van der Waals surface area (Å²) in [6, 6.07) is 13.3. The number of halogens is 1. The Morgan fingerprint density at radius 1 is 1.17 bits per heavy atom. The van der Waals surface area contributed by atoms with Crippen molar-refractivity contribution in [2.45, 2.75) is 6.61 Å². The number of nitro benzene ring substituents is 1. The van der Waals surface area contributed by atoms with Crippen molar-refractivity contribution < 1.29 is 14.5 Å². The fourth-order valence-electron chi connectivity index (χ4n) is 2.07. The Bertz CT molecular complexity index is 889. The highest BCUT2D eigenvalue weighted by atomic mass is 35.5. The van der Waals surface area contributed by atoms with E-state index in [9.17, 15) is 14.9 Å². The van der Waals surface area contributed by atoms with Gasteiger partial charge in [-0.05, 0) is 23.8 Å². The van der Waals surface area contributed by atoms with Crippen LogP contribution in [-0.4, -0.2) is 10.9 Å². The van der Waals surface area contributed by atoms with Crippen LogP contribution in [0.1, 0.15) is 15.2 Å². The Hall–Kier alpha value is -2.44. The maximum atomic E-state index is 12.2. The van der Waals surface area contributed by atoms with E-state index in [2.05, 4.69) is 0 Å². The van der Waals surface area contributed by atoms with Crippen LogP contribution in [0.3, 0.4) is 0 Å². The van der Waals surface area contributed by atoms with Gasteiger partial charge in [0.15, 0.2) is 0 Å². The first-order chi connectivity index (χ1) is 11.1. The van der Waals surface area contributed by atoms with Gasteiger partial charge in [0.1, 0.15) is 11.5 Å². The zero-order valence-electron chi connectivity index (χ0n) is 11.7. The molecule has 0 bridgehead atoms. The lowest BCUT2D eigenvalue weighted by atomic mass is 10.2. The summed E-state index contributed by atoms with van der Waals surface area (Å²) >= 11 is 7.50. The van der Waals surface area contributed by atoms with Crippen molar-refractivity contribution in [3.05, 3.63) is 74.1 Å². The number of carbonyl (C=O) groups is 1. The predicted molar refractivity (Wildman–Crippen MR) is 89.1 cm³/mol. The molecular formula is C16H10ClNO4S. The van der Waals surface area contributed by atoms with Crippen LogP contribution in [0.15, 0.2) is 48.5 Å². The molecular weight excluding hydrogens is 338 g/mol. The number of carbonyl (C=O) groups excluding carboxylic acids is 1. The van der Waals surface area contributed by atoms with Crippen molar-refractivity contribution in [2.24, 2.45) is 0 Å². The Morgan fingerprint density at radius 3 is 2.52 bits per heavy atom. The molecule has 2 aromatic carbocycles. The molecule has 1 aromatic heterocycles. The third-order valence-corrected chi connectivity index (χ3v) is 4.89. The van der Waals surface area contributed by atoms with E-state index in [1.165, 1.54) is 23.5 Å². The number of esters is 1. The molecule has 0 N–H and O–H groups in total. The molecule has 0 aliphatic rings. The number of fused-ring (bicyclic) bond motifs is 1. The summed E-state index contributed by atoms with van der Waals surface area (Å²) in [5.74, 6) is -0.505. The lowest BCUT2D eigenvalue weighted by Crippen LogP contribution is -2.03. The van der Waals surface area contributed by atoms with Gasteiger partial charge in [0.2, 0.25) is 0 Å². The van der Waals surface area contributed by atoms with Crippen molar-refractivity contribution in [1.82, 2.24) is 0 Å². The van der Waals surface area contributed by atoms with Crippen molar-refractivity contribution in [3.8, 4) is 0 Å². The third kappa shape index (κ3) is 3.18. The summed E-state index contributed by atoms with van der Waals surface area (Å²) in [5, 5.41) is 11.8. The van der Waals surface area contributed by atoms with E-state index in [0.717, 1.165) is 10.1 Å². The van der Waals surface area contributed by atoms with E-state index >= 15 is 0 Å². The largest absolute Gasteiger partial charge is 0.457 e. The van der Waals surface area contributed by atoms with Gasteiger partial charge >= 0.3 is 5.97 Å². The molecule has 3 rings (SSSR count). The third-order valence-electron chi connectivity index (χ3n) is 3.24. The fourth-order valence-corrected chi connectivity index (χ4v) is 3.48. The monoisotopic (exact) mass is 347 g/mol. The first-order valence-electron chi connectivity index (χ1n) is 6.64. The molecule has 0 radical (unpaired) electrons. The molecule has 116 valence electrons. The molecule has 7 heteroatoms. The van der Waals surface area contributed by atoms with Gasteiger partial charge in [-0.1, -0.05) is 29.8 Å². The molecule has 0 saturated heterocycles. The number of hydrogen-bond donors (Lipinski definition) is 0. The van der Waals surface area contributed by atoms with Crippen LogP contribution in [0.4, 0.5) is 5.69 Å². The normalized spacial score (nSPS) is 10.7. The fraction of sp³-hybridized carbons (Fsp3) is 0.0625. The van der Waals surface area contributed by atoms with E-state index in [4.69, 9.17) is 16.3 Å². The van der Waals surface area contributed by atoms with E-state index in [1.807, 2.05) is 24.3 Å². The highest BCUT2D eigenvalue weighted by Crippen LogP contribution is 2.35. The van der Waals surface area contributed by atoms with Crippen LogP contribution in [0.5, 0.6) is 0 Å². The Kier molecular flexibility index (Phi) is 4.27. The minimum Gasteiger partial charge on any atom is -0.457 e. The highest BCUT2D eigenvalue weighted by molar-refractivity contribution is 7.21. The minimum absolute atomic E-state index is 0.00683. The number of thiophene rings is 1. The second kappa shape index (κ2) is 6.36. The van der Waals surface area contributed by atoms with E-state index in [1.54, 1.807) is 12.1 Å². The number of nitro groups is 1. The molecule has 23 heavy (non-hydrogen) atoms. The SMILES string of the molecule is O=C(OCc1ccc([N+](=O)[O-])cc1)c1sc2ccccc2c1Cl. The summed E-state index contributed by atoms with van der Waals surface area (Å²) in [4.78, 5) is 22.6. The smallest absolute Gasteiger partial charge is 0.350 e. The topological polar surface area (TPSA) is 69.4 Å². The van der Waals surface area contributed by atoms with E-state index in [-0.39, 0.29) is 12.3 Å². The van der Waals surface area contributed by atoms with Crippen LogP contribution in [0.25, 0.3) is 10.1 Å². The highest BCUT2D eigenvalue weighted by Gasteiger charge is 2.18. The summed E-state index contributed by atoms with van der Waals surface area (Å²) < 4.78 is 6.16. The van der Waals surface area contributed by atoms with E-state index in [0.29, 0.717) is 15.5 Å². The molecule has 0 spiro atoms. The molecule has 0 aliphatic carbocycles. The predicted octanol–water partition coefficient (Wildman–Crippen LogP) is 4.82. The van der Waals surface area contributed by atoms with Crippen LogP contribution in [0, 0.1) is 10.1 Å². The summed E-state index contributed by atoms with van der Waals surface area (Å²) in [6.07, 6.45) is 0. The van der Waals surface area contributed by atoms with Crippen LogP contribution in [0.2, 0.25) is 5.02 Å². The molecule has 1 heterocycles. The van der Waals surface area contributed by atoms with Crippen LogP contribution < -0.4 is 0 Å². The van der Waals surface area contributed by atoms with Gasteiger partial charge in [-0.25, -0.2) is 4.79 Å². The van der Waals surface area contributed by atoms with Gasteiger partial charge in [-0.2, -0.15) is 0 Å². The summed E-state index contributed by atoms with van der Waals surface area (Å²) in [7, 11) is 0. The maximum Gasteiger partial charge on any atom is 0.350 e. The van der Waals surface area contributed by atoms with Crippen molar-refractivity contribution >= 4 is 44.7 Å². The first kappa shape index (κ1) is 15.5. The zero-order chi connectivity index (χ0) is 16.4. The molecule has 3 aromatic rings. The number of nitrogens with zero attached hydrogens (tertiary/aromatic N) is 1. The van der Waals surface area contributed by atoms with Gasteiger partial charge in [-0.3, -0.25) is 10.1 Å². The minimum atomic E-state index is -0.505. The molecule has 0 aliphatic heterocycles. The molecule has 0 atom stereocenters. The molecule has 5 nitrogen and oxygen atoms in total. The van der Waals surface area contributed by atoms with E-state index < -0.39 is 10.9 Å². The molecule has 0 unspecified atom stereocenters. The van der Waals surface area contributed by atoms with Crippen LogP contribution >= 0.6 is 22.9 Å². The number of non-ortho nitro benzene ring substituents is 1. The Morgan fingerprint density at radius 2 is 1.87 bits per heavy atom. The van der Waals surface area contributed by atoms with Gasteiger partial charge in [0, 0.05) is 22.2 Å².